The van der Waals surface area contributed by atoms with Gasteiger partial charge in [0.1, 0.15) is 5.83 Å². The largest absolute Gasteiger partial charge is 0.207 e. The lowest BCUT2D eigenvalue weighted by atomic mass is 9.95. The topological polar surface area (TPSA) is 0 Å². The molecule has 0 atom stereocenters. The van der Waals surface area contributed by atoms with Gasteiger partial charge in [-0.05, 0) is 49.1 Å². The van der Waals surface area contributed by atoms with Gasteiger partial charge in [0.05, 0.1) is 0 Å². The summed E-state index contributed by atoms with van der Waals surface area (Å²) >= 11 is 9.40. The van der Waals surface area contributed by atoms with Crippen LogP contribution < -0.4 is 0 Å². The second kappa shape index (κ2) is 4.72. The average Bonchev–Trinajstić information content (AvgIpc) is 2.23. The molecular weight excluding hydrogens is 290 g/mol. The van der Waals surface area contributed by atoms with Crippen molar-refractivity contribution in [1.29, 1.82) is 0 Å². The first-order valence-electron chi connectivity index (χ1n) is 5.11. The Morgan fingerprint density at radius 1 is 1.38 bits per heavy atom. The molecule has 0 aliphatic heterocycles. The van der Waals surface area contributed by atoms with Gasteiger partial charge in [0.15, 0.2) is 0 Å². The highest BCUT2D eigenvalue weighted by Gasteiger charge is 2.18. The van der Waals surface area contributed by atoms with Gasteiger partial charge < -0.3 is 0 Å². The molecule has 84 valence electrons. The molecule has 0 fully saturated rings. The third-order valence-electron chi connectivity index (χ3n) is 2.67. The summed E-state index contributed by atoms with van der Waals surface area (Å²) in [7, 11) is 0. The summed E-state index contributed by atoms with van der Waals surface area (Å²) in [5, 5.41) is 0.631. The van der Waals surface area contributed by atoms with Crippen LogP contribution in [0.4, 0.5) is 4.39 Å². The quantitative estimate of drug-likeness (QED) is 0.651. The number of hydrogen-bond donors (Lipinski definition) is 0. The van der Waals surface area contributed by atoms with E-state index in [4.69, 9.17) is 11.6 Å². The van der Waals surface area contributed by atoms with Gasteiger partial charge >= 0.3 is 0 Å². The molecule has 2 rings (SSSR count). The van der Waals surface area contributed by atoms with Crippen molar-refractivity contribution in [2.45, 2.75) is 19.8 Å². The first-order valence-corrected chi connectivity index (χ1v) is 6.28. The lowest BCUT2D eigenvalue weighted by molar-refractivity contribution is 0.659. The maximum Gasteiger partial charge on any atom is 0.127 e. The Balaban J connectivity index is 2.59. The lowest BCUT2D eigenvalue weighted by Gasteiger charge is -2.16. The Labute approximate surface area is 108 Å². The summed E-state index contributed by atoms with van der Waals surface area (Å²) in [6.07, 6.45) is 3.21. The molecule has 0 unspecified atom stereocenters. The highest BCUT2D eigenvalue weighted by atomic mass is 79.9. The van der Waals surface area contributed by atoms with Gasteiger partial charge in [-0.3, -0.25) is 0 Å². The van der Waals surface area contributed by atoms with E-state index in [0.29, 0.717) is 10.6 Å². The molecule has 0 saturated heterocycles. The lowest BCUT2D eigenvalue weighted by Crippen LogP contribution is -1.96. The van der Waals surface area contributed by atoms with E-state index >= 15 is 0 Å². The van der Waals surface area contributed by atoms with E-state index in [1.165, 1.54) is 0 Å². The fraction of sp³-hybridized carbons (Fsp3) is 0.231. The predicted octanol–water partition coefficient (Wildman–Crippen LogP) is 5.40. The van der Waals surface area contributed by atoms with E-state index in [1.54, 1.807) is 6.08 Å². The molecule has 1 aliphatic carbocycles. The highest BCUT2D eigenvalue weighted by molar-refractivity contribution is 9.11. The third-order valence-corrected chi connectivity index (χ3v) is 3.69. The number of benzene rings is 1. The molecular formula is C13H11BrClF. The van der Waals surface area contributed by atoms with Crippen LogP contribution in [-0.4, -0.2) is 0 Å². The normalized spacial score (nSPS) is 16.4. The highest BCUT2D eigenvalue weighted by Crippen LogP contribution is 2.38. The minimum absolute atomic E-state index is 0.163. The Morgan fingerprint density at radius 3 is 2.81 bits per heavy atom. The minimum atomic E-state index is -0.163. The van der Waals surface area contributed by atoms with E-state index in [9.17, 15) is 4.39 Å². The Hall–Kier alpha value is -0.600. The summed E-state index contributed by atoms with van der Waals surface area (Å²) in [4.78, 5) is 0. The smallest absolute Gasteiger partial charge is 0.127 e. The van der Waals surface area contributed by atoms with E-state index in [2.05, 4.69) is 15.9 Å². The maximum atomic E-state index is 13.8. The van der Waals surface area contributed by atoms with Crippen molar-refractivity contribution in [3.05, 3.63) is 50.7 Å². The molecule has 0 nitrogen and oxygen atoms in total. The van der Waals surface area contributed by atoms with Gasteiger partial charge in [-0.15, -0.1) is 0 Å². The molecule has 0 heterocycles. The molecule has 1 aromatic carbocycles. The van der Waals surface area contributed by atoms with E-state index in [0.717, 1.165) is 28.5 Å². The van der Waals surface area contributed by atoms with Crippen LogP contribution in [-0.2, 0) is 0 Å². The second-order valence-electron chi connectivity index (χ2n) is 3.83. The van der Waals surface area contributed by atoms with E-state index in [1.807, 2.05) is 25.1 Å². The maximum absolute atomic E-state index is 13.8. The molecule has 0 radical (unpaired) electrons. The fourth-order valence-electron chi connectivity index (χ4n) is 1.82. The van der Waals surface area contributed by atoms with Crippen molar-refractivity contribution in [3.8, 4) is 0 Å². The van der Waals surface area contributed by atoms with Crippen LogP contribution in [0.3, 0.4) is 0 Å². The minimum Gasteiger partial charge on any atom is -0.207 e. The van der Waals surface area contributed by atoms with E-state index < -0.39 is 0 Å². The first-order chi connectivity index (χ1) is 7.59. The van der Waals surface area contributed by atoms with Gasteiger partial charge in [-0.2, -0.15) is 0 Å². The summed E-state index contributed by atoms with van der Waals surface area (Å²) in [6.45, 7) is 1.96. The standard InChI is InChI=1S/C13H11BrClF/c1-8-5-6-9(15)7-10(8)13-11(14)3-2-4-12(13)16/h4-7H,2-3H2,1H3. The molecule has 0 bridgehead atoms. The van der Waals surface area contributed by atoms with Crippen molar-refractivity contribution in [3.63, 3.8) is 0 Å². The number of aryl methyl sites for hydroxylation is 1. The molecule has 3 heteroatoms. The van der Waals surface area contributed by atoms with Crippen LogP contribution in [0.5, 0.6) is 0 Å². The summed E-state index contributed by atoms with van der Waals surface area (Å²) in [5.41, 5.74) is 2.54. The van der Waals surface area contributed by atoms with Crippen molar-refractivity contribution >= 4 is 33.1 Å². The second-order valence-corrected chi connectivity index (χ2v) is 5.22. The molecule has 16 heavy (non-hydrogen) atoms. The molecule has 0 saturated carbocycles. The number of hydrogen-bond acceptors (Lipinski definition) is 0. The number of halogens is 3. The van der Waals surface area contributed by atoms with Gasteiger partial charge in [0, 0.05) is 15.1 Å². The molecule has 0 aromatic heterocycles. The third kappa shape index (κ3) is 2.23. The monoisotopic (exact) mass is 300 g/mol. The van der Waals surface area contributed by atoms with Gasteiger partial charge in [-0.25, -0.2) is 4.39 Å². The van der Waals surface area contributed by atoms with Gasteiger partial charge in [-0.1, -0.05) is 33.6 Å². The number of allylic oxidation sites excluding steroid dienone is 4. The SMILES string of the molecule is Cc1ccc(Cl)cc1C1=C(Br)CCC=C1F. The molecule has 0 amide bonds. The molecule has 1 aliphatic rings. The van der Waals surface area contributed by atoms with Crippen LogP contribution in [0.1, 0.15) is 24.0 Å². The zero-order chi connectivity index (χ0) is 11.7. The van der Waals surface area contributed by atoms with Crippen LogP contribution in [0, 0.1) is 6.92 Å². The summed E-state index contributed by atoms with van der Waals surface area (Å²) in [5.74, 6) is -0.163. The summed E-state index contributed by atoms with van der Waals surface area (Å²) < 4.78 is 14.7. The Morgan fingerprint density at radius 2 is 2.12 bits per heavy atom. The first kappa shape index (κ1) is 11.9. The van der Waals surface area contributed by atoms with E-state index in [-0.39, 0.29) is 5.83 Å². The van der Waals surface area contributed by atoms with Crippen molar-refractivity contribution in [1.82, 2.24) is 0 Å². The molecule has 1 aromatic rings. The van der Waals surface area contributed by atoms with Crippen LogP contribution in [0.25, 0.3) is 5.57 Å². The van der Waals surface area contributed by atoms with Crippen LogP contribution in [0.15, 0.2) is 34.6 Å². The fourth-order valence-corrected chi connectivity index (χ4v) is 2.62. The Kier molecular flexibility index (Phi) is 3.50. The van der Waals surface area contributed by atoms with Crippen LogP contribution in [0.2, 0.25) is 5.02 Å². The summed E-state index contributed by atoms with van der Waals surface area (Å²) in [6, 6.07) is 5.54. The van der Waals surface area contributed by atoms with Gasteiger partial charge in [0.2, 0.25) is 0 Å². The molecule has 0 N–H and O–H groups in total. The predicted molar refractivity (Wildman–Crippen MR) is 70.5 cm³/mol. The van der Waals surface area contributed by atoms with Crippen molar-refractivity contribution in [2.75, 3.05) is 0 Å². The zero-order valence-corrected chi connectivity index (χ0v) is 11.2. The van der Waals surface area contributed by atoms with Crippen molar-refractivity contribution in [2.24, 2.45) is 0 Å². The Bertz CT molecular complexity index is 489. The van der Waals surface area contributed by atoms with Crippen molar-refractivity contribution < 1.29 is 4.39 Å². The van der Waals surface area contributed by atoms with Gasteiger partial charge in [0.25, 0.3) is 0 Å². The molecule has 0 spiro atoms. The average molecular weight is 302 g/mol. The number of rotatable bonds is 1. The van der Waals surface area contributed by atoms with Crippen LogP contribution >= 0.6 is 27.5 Å². The zero-order valence-electron chi connectivity index (χ0n) is 8.86.